The van der Waals surface area contributed by atoms with Crippen molar-refractivity contribution < 1.29 is 0 Å². The van der Waals surface area contributed by atoms with Crippen molar-refractivity contribution in [3.8, 4) is 6.07 Å². The van der Waals surface area contributed by atoms with E-state index in [1.165, 1.54) is 5.69 Å². The summed E-state index contributed by atoms with van der Waals surface area (Å²) < 4.78 is 2.24. The van der Waals surface area contributed by atoms with Crippen LogP contribution >= 0.6 is 0 Å². The minimum Gasteiger partial charge on any atom is -0.349 e. The third-order valence-corrected chi connectivity index (χ3v) is 2.26. The molecule has 3 nitrogen and oxygen atoms in total. The van der Waals surface area contributed by atoms with Gasteiger partial charge in [0.2, 0.25) is 0 Å². The highest BCUT2D eigenvalue weighted by molar-refractivity contribution is 5.09. The number of aromatic nitrogens is 1. The van der Waals surface area contributed by atoms with Gasteiger partial charge in [0.05, 0.1) is 12.6 Å². The molecule has 62 valence electrons. The van der Waals surface area contributed by atoms with Crippen LogP contribution in [0.4, 0.5) is 0 Å². The van der Waals surface area contributed by atoms with Gasteiger partial charge in [0.15, 0.2) is 0 Å². The molecule has 1 aromatic rings. The summed E-state index contributed by atoms with van der Waals surface area (Å²) in [5.74, 6) is 0. The average Bonchev–Trinajstić information content (AvgIpc) is 2.51. The van der Waals surface area contributed by atoms with Crippen LogP contribution < -0.4 is 0 Å². The van der Waals surface area contributed by atoms with Gasteiger partial charge >= 0.3 is 0 Å². The zero-order chi connectivity index (χ0) is 8.39. The van der Waals surface area contributed by atoms with E-state index in [0.29, 0.717) is 6.54 Å². The summed E-state index contributed by atoms with van der Waals surface area (Å²) in [4.78, 5) is 2.16. The molecule has 12 heavy (non-hydrogen) atoms. The first-order valence-corrected chi connectivity index (χ1v) is 4.13. The molecule has 0 aliphatic carbocycles. The van der Waals surface area contributed by atoms with Gasteiger partial charge in [-0.15, -0.1) is 0 Å². The lowest BCUT2D eigenvalue weighted by atomic mass is 10.3. The van der Waals surface area contributed by atoms with E-state index in [9.17, 15) is 0 Å². The number of rotatable bonds is 1. The fraction of sp³-hybridized carbons (Fsp3) is 0.444. The topological polar surface area (TPSA) is 32.0 Å². The monoisotopic (exact) mass is 161 g/mol. The Balaban J connectivity index is 2.11. The van der Waals surface area contributed by atoms with Gasteiger partial charge in [0.25, 0.3) is 0 Å². The molecule has 0 saturated carbocycles. The third kappa shape index (κ3) is 1.21. The molecule has 0 aromatic carbocycles. The lowest BCUT2D eigenvalue weighted by Crippen LogP contribution is -2.33. The van der Waals surface area contributed by atoms with Crippen LogP contribution in [0.15, 0.2) is 18.3 Å². The minimum absolute atomic E-state index is 0.547. The van der Waals surface area contributed by atoms with E-state index < -0.39 is 0 Å². The molecule has 0 atom stereocenters. The summed E-state index contributed by atoms with van der Waals surface area (Å²) in [6, 6.07) is 6.35. The molecule has 0 saturated heterocycles. The van der Waals surface area contributed by atoms with E-state index in [4.69, 9.17) is 5.26 Å². The lowest BCUT2D eigenvalue weighted by molar-refractivity contribution is 0.247. The highest BCUT2D eigenvalue weighted by atomic mass is 15.2. The smallest absolute Gasteiger partial charge is 0.0869 e. The largest absolute Gasteiger partial charge is 0.349 e. The molecule has 0 amide bonds. The summed E-state index contributed by atoms with van der Waals surface area (Å²) in [5.41, 5.74) is 1.32. The van der Waals surface area contributed by atoms with E-state index in [0.717, 1.165) is 19.6 Å². The van der Waals surface area contributed by atoms with Gasteiger partial charge in [-0.25, -0.2) is 0 Å². The molecule has 0 bridgehead atoms. The quantitative estimate of drug-likeness (QED) is 0.571. The standard InChI is InChI=1S/C9H11N3/c10-3-5-11-6-7-12-4-1-2-9(12)8-11/h1-2,4H,5-8H2. The molecule has 0 radical (unpaired) electrons. The number of fused-ring (bicyclic) bond motifs is 1. The second-order valence-corrected chi connectivity index (χ2v) is 3.06. The van der Waals surface area contributed by atoms with Crippen molar-refractivity contribution >= 4 is 0 Å². The van der Waals surface area contributed by atoms with E-state index in [1.54, 1.807) is 0 Å². The summed E-state index contributed by atoms with van der Waals surface area (Å²) in [5, 5.41) is 8.52. The van der Waals surface area contributed by atoms with E-state index in [-0.39, 0.29) is 0 Å². The normalized spacial score (nSPS) is 16.9. The van der Waals surface area contributed by atoms with Crippen LogP contribution in [0, 0.1) is 11.3 Å². The van der Waals surface area contributed by atoms with Gasteiger partial charge in [0, 0.05) is 31.5 Å². The van der Waals surface area contributed by atoms with Gasteiger partial charge in [-0.2, -0.15) is 5.26 Å². The van der Waals surface area contributed by atoms with Crippen LogP contribution in [0.25, 0.3) is 0 Å². The van der Waals surface area contributed by atoms with Gasteiger partial charge in [-0.1, -0.05) is 0 Å². The van der Waals surface area contributed by atoms with Crippen molar-refractivity contribution in [2.75, 3.05) is 13.1 Å². The Kier molecular flexibility index (Phi) is 1.84. The molecule has 1 aliphatic heterocycles. The lowest BCUT2D eigenvalue weighted by Gasteiger charge is -2.25. The predicted octanol–water partition coefficient (Wildman–Crippen LogP) is 0.827. The van der Waals surface area contributed by atoms with Crippen molar-refractivity contribution in [2.45, 2.75) is 13.1 Å². The molecule has 1 aromatic heterocycles. The molecule has 0 fully saturated rings. The van der Waals surface area contributed by atoms with Crippen molar-refractivity contribution in [1.82, 2.24) is 9.47 Å². The third-order valence-electron chi connectivity index (χ3n) is 2.26. The number of hydrogen-bond acceptors (Lipinski definition) is 2. The molecule has 0 N–H and O–H groups in total. The number of nitrogens with zero attached hydrogens (tertiary/aromatic N) is 3. The number of hydrogen-bond donors (Lipinski definition) is 0. The van der Waals surface area contributed by atoms with Crippen LogP contribution in [0.3, 0.4) is 0 Å². The maximum Gasteiger partial charge on any atom is 0.0869 e. The molecule has 3 heteroatoms. The first-order valence-electron chi connectivity index (χ1n) is 4.13. The van der Waals surface area contributed by atoms with Crippen LogP contribution in [0.2, 0.25) is 0 Å². The Morgan fingerprint density at radius 1 is 1.50 bits per heavy atom. The Hall–Kier alpha value is -1.27. The summed E-state index contributed by atoms with van der Waals surface area (Å²) >= 11 is 0. The van der Waals surface area contributed by atoms with Crippen LogP contribution in [-0.4, -0.2) is 22.6 Å². The van der Waals surface area contributed by atoms with Gasteiger partial charge in [-0.05, 0) is 12.1 Å². The average molecular weight is 161 g/mol. The Morgan fingerprint density at radius 3 is 3.25 bits per heavy atom. The Morgan fingerprint density at radius 2 is 2.42 bits per heavy atom. The molecule has 0 spiro atoms. The maximum atomic E-state index is 8.52. The molecule has 2 heterocycles. The number of nitriles is 1. The van der Waals surface area contributed by atoms with Crippen LogP contribution in [-0.2, 0) is 13.1 Å². The first-order chi connectivity index (χ1) is 5.90. The Labute approximate surface area is 71.8 Å². The van der Waals surface area contributed by atoms with E-state index in [2.05, 4.69) is 33.9 Å². The Bertz CT molecular complexity index is 308. The van der Waals surface area contributed by atoms with Crippen molar-refractivity contribution in [3.05, 3.63) is 24.0 Å². The van der Waals surface area contributed by atoms with Crippen molar-refractivity contribution in [3.63, 3.8) is 0 Å². The zero-order valence-electron chi connectivity index (χ0n) is 6.90. The highest BCUT2D eigenvalue weighted by Gasteiger charge is 2.13. The highest BCUT2D eigenvalue weighted by Crippen LogP contribution is 2.11. The maximum absolute atomic E-state index is 8.52. The van der Waals surface area contributed by atoms with Crippen LogP contribution in [0.5, 0.6) is 0 Å². The van der Waals surface area contributed by atoms with Crippen molar-refractivity contribution in [2.24, 2.45) is 0 Å². The SMILES string of the molecule is N#CCN1CCn2cccc2C1. The van der Waals surface area contributed by atoms with Gasteiger partial charge in [0.1, 0.15) is 0 Å². The summed E-state index contributed by atoms with van der Waals surface area (Å²) in [6.07, 6.45) is 2.10. The second-order valence-electron chi connectivity index (χ2n) is 3.06. The molecule has 0 unspecified atom stereocenters. The fourth-order valence-electron chi connectivity index (χ4n) is 1.60. The molecular formula is C9H11N3. The van der Waals surface area contributed by atoms with Crippen molar-refractivity contribution in [1.29, 1.82) is 5.26 Å². The predicted molar refractivity (Wildman–Crippen MR) is 45.3 cm³/mol. The first kappa shape index (κ1) is 7.38. The summed E-state index contributed by atoms with van der Waals surface area (Å²) in [7, 11) is 0. The fourth-order valence-corrected chi connectivity index (χ4v) is 1.60. The molecule has 1 aliphatic rings. The summed E-state index contributed by atoms with van der Waals surface area (Å²) in [6.45, 7) is 3.48. The van der Waals surface area contributed by atoms with Gasteiger partial charge in [-0.3, -0.25) is 4.90 Å². The molecular weight excluding hydrogens is 150 g/mol. The minimum atomic E-state index is 0.547. The molecule has 2 rings (SSSR count). The van der Waals surface area contributed by atoms with Crippen LogP contribution in [0.1, 0.15) is 5.69 Å². The zero-order valence-corrected chi connectivity index (χ0v) is 6.90. The van der Waals surface area contributed by atoms with Gasteiger partial charge < -0.3 is 4.57 Å². The van der Waals surface area contributed by atoms with E-state index in [1.807, 2.05) is 0 Å². The second kappa shape index (κ2) is 3.00. The van der Waals surface area contributed by atoms with E-state index >= 15 is 0 Å².